The number of hydrogen-bond acceptors (Lipinski definition) is 3. The van der Waals surface area contributed by atoms with Crippen molar-refractivity contribution < 1.29 is 9.53 Å². The van der Waals surface area contributed by atoms with E-state index in [0.717, 1.165) is 43.8 Å². The average molecular weight is 352 g/mol. The standard InChI is InChI=1S/C22H28N2O2/c1-17-7-9-18(10-8-17)15-23-22(25)19-11-13-24(14-12-19)16-20-5-3-4-6-21(20)26-2/h3-10,19H,11-16H2,1-2H3,(H,23,25). The first-order valence-corrected chi connectivity index (χ1v) is 9.33. The molecule has 0 saturated carbocycles. The van der Waals surface area contributed by atoms with Crippen molar-refractivity contribution in [3.05, 3.63) is 65.2 Å². The van der Waals surface area contributed by atoms with Crippen molar-refractivity contribution in [3.8, 4) is 5.75 Å². The van der Waals surface area contributed by atoms with Gasteiger partial charge >= 0.3 is 0 Å². The average Bonchev–Trinajstić information content (AvgIpc) is 2.68. The number of hydrogen-bond donors (Lipinski definition) is 1. The number of carbonyl (C=O) groups excluding carboxylic acids is 1. The third-order valence-corrected chi connectivity index (χ3v) is 5.13. The van der Waals surface area contributed by atoms with E-state index < -0.39 is 0 Å². The van der Waals surface area contributed by atoms with Crippen molar-refractivity contribution in [3.63, 3.8) is 0 Å². The van der Waals surface area contributed by atoms with E-state index in [-0.39, 0.29) is 11.8 Å². The largest absolute Gasteiger partial charge is 0.496 e. The zero-order chi connectivity index (χ0) is 18.4. The second kappa shape index (κ2) is 8.86. The summed E-state index contributed by atoms with van der Waals surface area (Å²) in [6.45, 7) is 5.45. The lowest BCUT2D eigenvalue weighted by atomic mass is 9.95. The lowest BCUT2D eigenvalue weighted by molar-refractivity contribution is -0.126. The molecule has 1 saturated heterocycles. The number of rotatable bonds is 6. The topological polar surface area (TPSA) is 41.6 Å². The van der Waals surface area contributed by atoms with Gasteiger partial charge in [-0.3, -0.25) is 9.69 Å². The van der Waals surface area contributed by atoms with Gasteiger partial charge in [0.1, 0.15) is 5.75 Å². The molecule has 4 heteroatoms. The highest BCUT2D eigenvalue weighted by Gasteiger charge is 2.25. The molecule has 4 nitrogen and oxygen atoms in total. The minimum atomic E-state index is 0.120. The van der Waals surface area contributed by atoms with Crippen molar-refractivity contribution in [2.45, 2.75) is 32.9 Å². The molecule has 1 amide bonds. The molecule has 1 fully saturated rings. The predicted molar refractivity (Wildman–Crippen MR) is 104 cm³/mol. The predicted octanol–water partition coefficient (Wildman–Crippen LogP) is 3.53. The number of carbonyl (C=O) groups is 1. The quantitative estimate of drug-likeness (QED) is 0.865. The van der Waals surface area contributed by atoms with E-state index in [9.17, 15) is 4.79 Å². The number of nitrogens with one attached hydrogen (secondary N) is 1. The SMILES string of the molecule is COc1ccccc1CN1CCC(C(=O)NCc2ccc(C)cc2)CC1. The van der Waals surface area contributed by atoms with Gasteiger partial charge in [-0.1, -0.05) is 48.0 Å². The Morgan fingerprint density at radius 2 is 1.81 bits per heavy atom. The molecular formula is C22H28N2O2. The number of likely N-dealkylation sites (tertiary alicyclic amines) is 1. The van der Waals surface area contributed by atoms with Gasteiger partial charge in [0.05, 0.1) is 7.11 Å². The van der Waals surface area contributed by atoms with E-state index in [4.69, 9.17) is 4.74 Å². The minimum Gasteiger partial charge on any atom is -0.496 e. The van der Waals surface area contributed by atoms with Gasteiger partial charge in [-0.25, -0.2) is 0 Å². The van der Waals surface area contributed by atoms with Gasteiger partial charge in [-0.05, 0) is 44.5 Å². The first-order valence-electron chi connectivity index (χ1n) is 9.33. The van der Waals surface area contributed by atoms with Crippen LogP contribution in [0.4, 0.5) is 0 Å². The number of amides is 1. The molecule has 0 aliphatic carbocycles. The van der Waals surface area contributed by atoms with Gasteiger partial charge in [0.2, 0.25) is 5.91 Å². The molecule has 0 atom stereocenters. The summed E-state index contributed by atoms with van der Waals surface area (Å²) in [5.41, 5.74) is 3.59. The van der Waals surface area contributed by atoms with Gasteiger partial charge in [0.25, 0.3) is 0 Å². The van der Waals surface area contributed by atoms with E-state index in [0.29, 0.717) is 6.54 Å². The Bertz CT molecular complexity index is 719. The lowest BCUT2D eigenvalue weighted by Crippen LogP contribution is -2.40. The summed E-state index contributed by atoms with van der Waals surface area (Å²) in [4.78, 5) is 14.9. The van der Waals surface area contributed by atoms with Crippen molar-refractivity contribution in [1.29, 1.82) is 0 Å². The molecule has 2 aromatic rings. The Morgan fingerprint density at radius 3 is 2.50 bits per heavy atom. The molecule has 0 bridgehead atoms. The summed E-state index contributed by atoms with van der Waals surface area (Å²) in [7, 11) is 1.71. The Morgan fingerprint density at radius 1 is 1.12 bits per heavy atom. The summed E-state index contributed by atoms with van der Waals surface area (Å²) in [6.07, 6.45) is 1.82. The lowest BCUT2D eigenvalue weighted by Gasteiger charge is -2.31. The Hall–Kier alpha value is -2.33. The summed E-state index contributed by atoms with van der Waals surface area (Å²) in [6, 6.07) is 16.5. The van der Waals surface area contributed by atoms with Gasteiger partial charge in [-0.2, -0.15) is 0 Å². The fourth-order valence-corrected chi connectivity index (χ4v) is 3.47. The molecule has 26 heavy (non-hydrogen) atoms. The second-order valence-corrected chi connectivity index (χ2v) is 7.07. The third kappa shape index (κ3) is 4.85. The summed E-state index contributed by atoms with van der Waals surface area (Å²) >= 11 is 0. The van der Waals surface area contributed by atoms with Gasteiger partial charge in [0.15, 0.2) is 0 Å². The van der Waals surface area contributed by atoms with E-state index in [1.807, 2.05) is 18.2 Å². The van der Waals surface area contributed by atoms with E-state index >= 15 is 0 Å². The second-order valence-electron chi connectivity index (χ2n) is 7.07. The van der Waals surface area contributed by atoms with E-state index in [1.165, 1.54) is 11.1 Å². The zero-order valence-electron chi connectivity index (χ0n) is 15.7. The Labute approximate surface area is 156 Å². The molecule has 0 aromatic heterocycles. The molecule has 0 unspecified atom stereocenters. The molecule has 1 aliphatic heterocycles. The molecule has 2 aromatic carbocycles. The normalized spacial score (nSPS) is 15.6. The first kappa shape index (κ1) is 18.5. The number of nitrogens with zero attached hydrogens (tertiary/aromatic N) is 1. The highest BCUT2D eigenvalue weighted by molar-refractivity contribution is 5.78. The monoisotopic (exact) mass is 352 g/mol. The van der Waals surface area contributed by atoms with Gasteiger partial charge in [0, 0.05) is 24.6 Å². The molecule has 1 N–H and O–H groups in total. The molecular weight excluding hydrogens is 324 g/mol. The molecule has 3 rings (SSSR count). The van der Waals surface area contributed by atoms with Crippen LogP contribution in [-0.4, -0.2) is 31.0 Å². The Balaban J connectivity index is 1.45. The van der Waals surface area contributed by atoms with Crippen LogP contribution in [0.25, 0.3) is 0 Å². The summed E-state index contributed by atoms with van der Waals surface area (Å²) in [5.74, 6) is 1.24. The first-order chi connectivity index (χ1) is 12.7. The fourth-order valence-electron chi connectivity index (χ4n) is 3.47. The third-order valence-electron chi connectivity index (χ3n) is 5.13. The summed E-state index contributed by atoms with van der Waals surface area (Å²) < 4.78 is 5.44. The van der Waals surface area contributed by atoms with Crippen LogP contribution in [0.2, 0.25) is 0 Å². The van der Waals surface area contributed by atoms with Crippen LogP contribution < -0.4 is 10.1 Å². The highest BCUT2D eigenvalue weighted by atomic mass is 16.5. The zero-order valence-corrected chi connectivity index (χ0v) is 15.7. The van der Waals surface area contributed by atoms with E-state index in [2.05, 4.69) is 47.5 Å². The van der Waals surface area contributed by atoms with Crippen LogP contribution in [0.3, 0.4) is 0 Å². The van der Waals surface area contributed by atoms with Gasteiger partial charge in [-0.15, -0.1) is 0 Å². The molecule has 0 spiro atoms. The fraction of sp³-hybridized carbons (Fsp3) is 0.409. The van der Waals surface area contributed by atoms with Crippen LogP contribution in [0.5, 0.6) is 5.75 Å². The maximum Gasteiger partial charge on any atom is 0.223 e. The van der Waals surface area contributed by atoms with Crippen molar-refractivity contribution in [2.75, 3.05) is 20.2 Å². The van der Waals surface area contributed by atoms with Crippen molar-refractivity contribution in [1.82, 2.24) is 10.2 Å². The van der Waals surface area contributed by atoms with Crippen LogP contribution in [-0.2, 0) is 17.9 Å². The Kier molecular flexibility index (Phi) is 6.29. The van der Waals surface area contributed by atoms with Crippen molar-refractivity contribution >= 4 is 5.91 Å². The van der Waals surface area contributed by atoms with Gasteiger partial charge < -0.3 is 10.1 Å². The highest BCUT2D eigenvalue weighted by Crippen LogP contribution is 2.23. The van der Waals surface area contributed by atoms with E-state index in [1.54, 1.807) is 7.11 Å². The summed E-state index contributed by atoms with van der Waals surface area (Å²) in [5, 5.41) is 3.09. The number of methoxy groups -OCH3 is 1. The van der Waals surface area contributed by atoms with Crippen LogP contribution in [0.1, 0.15) is 29.5 Å². The number of ether oxygens (including phenoxy) is 1. The van der Waals surface area contributed by atoms with Crippen molar-refractivity contribution in [2.24, 2.45) is 5.92 Å². The van der Waals surface area contributed by atoms with Crippen LogP contribution in [0, 0.1) is 12.8 Å². The number of aryl methyl sites for hydroxylation is 1. The molecule has 138 valence electrons. The smallest absolute Gasteiger partial charge is 0.223 e. The number of piperidine rings is 1. The minimum absolute atomic E-state index is 0.120. The van der Waals surface area contributed by atoms with Crippen LogP contribution >= 0.6 is 0 Å². The molecule has 1 aliphatic rings. The maximum absolute atomic E-state index is 12.5. The number of benzene rings is 2. The molecule has 1 heterocycles. The number of para-hydroxylation sites is 1. The van der Waals surface area contributed by atoms with Crippen LogP contribution in [0.15, 0.2) is 48.5 Å². The molecule has 0 radical (unpaired) electrons. The maximum atomic E-state index is 12.5.